The van der Waals surface area contributed by atoms with Crippen molar-refractivity contribution in [3.8, 4) is 0 Å². The van der Waals surface area contributed by atoms with E-state index in [1.807, 2.05) is 54.8 Å². The molecule has 0 fully saturated rings. The van der Waals surface area contributed by atoms with Crippen molar-refractivity contribution in [3.63, 3.8) is 0 Å². The van der Waals surface area contributed by atoms with Crippen LogP contribution in [0.5, 0.6) is 0 Å². The van der Waals surface area contributed by atoms with Gasteiger partial charge in [-0.25, -0.2) is 0 Å². The number of benzene rings is 1. The van der Waals surface area contributed by atoms with Gasteiger partial charge in [-0.3, -0.25) is 14.6 Å². The Morgan fingerprint density at radius 3 is 2.65 bits per heavy atom. The molecule has 1 aromatic heterocycles. The highest BCUT2D eigenvalue weighted by atomic mass is 16.2. The van der Waals surface area contributed by atoms with Gasteiger partial charge in [0.2, 0.25) is 0 Å². The summed E-state index contributed by atoms with van der Waals surface area (Å²) in [5.74, 6) is -1.91. The van der Waals surface area contributed by atoms with E-state index in [4.69, 9.17) is 5.73 Å². The minimum absolute atomic E-state index is 0.557. The van der Waals surface area contributed by atoms with E-state index in [2.05, 4.69) is 10.3 Å². The summed E-state index contributed by atoms with van der Waals surface area (Å²) in [6.45, 7) is 0. The van der Waals surface area contributed by atoms with Crippen molar-refractivity contribution < 1.29 is 4.79 Å². The first-order valence-electron chi connectivity index (χ1n) is 7.11. The Labute approximate surface area is 132 Å². The second kappa shape index (κ2) is 4.84. The fourth-order valence-electron chi connectivity index (χ4n) is 2.97. The van der Waals surface area contributed by atoms with E-state index in [1.54, 1.807) is 22.2 Å². The first-order valence-corrected chi connectivity index (χ1v) is 7.11. The number of para-hydroxylation sites is 1. The van der Waals surface area contributed by atoms with Crippen molar-refractivity contribution in [1.82, 2.24) is 19.9 Å². The number of hydrogen-bond donors (Lipinski definition) is 1. The van der Waals surface area contributed by atoms with Crippen LogP contribution in [0.3, 0.4) is 0 Å². The molecule has 0 radical (unpaired) electrons. The number of aromatic nitrogens is 3. The van der Waals surface area contributed by atoms with Crippen molar-refractivity contribution >= 4 is 11.6 Å². The average molecular weight is 306 g/mol. The SMILES string of the molecule is NC(=O)C1(n2ccnn2)N2C=CC=CC2=CN1c1ccccc1. The van der Waals surface area contributed by atoms with Gasteiger partial charge in [-0.1, -0.05) is 29.5 Å². The molecule has 2 aliphatic rings. The number of anilines is 1. The lowest BCUT2D eigenvalue weighted by atomic mass is 10.2. The highest BCUT2D eigenvalue weighted by molar-refractivity contribution is 5.88. The number of nitrogens with zero attached hydrogens (tertiary/aromatic N) is 5. The van der Waals surface area contributed by atoms with Crippen LogP contribution in [0.15, 0.2) is 79.1 Å². The molecule has 2 aliphatic heterocycles. The number of hydrogen-bond acceptors (Lipinski definition) is 5. The third-order valence-corrected chi connectivity index (χ3v) is 3.93. The van der Waals surface area contributed by atoms with Crippen LogP contribution >= 0.6 is 0 Å². The fourth-order valence-corrected chi connectivity index (χ4v) is 2.97. The van der Waals surface area contributed by atoms with Crippen LogP contribution in [0.1, 0.15) is 0 Å². The summed E-state index contributed by atoms with van der Waals surface area (Å²) in [7, 11) is 0. The number of carbonyl (C=O) groups excluding carboxylic acids is 1. The Bertz CT molecular complexity index is 824. The quantitative estimate of drug-likeness (QED) is 0.919. The number of amides is 1. The summed E-state index contributed by atoms with van der Waals surface area (Å²) in [5, 5.41) is 7.90. The van der Waals surface area contributed by atoms with Crippen LogP contribution < -0.4 is 10.6 Å². The Hall–Kier alpha value is -3.35. The maximum absolute atomic E-state index is 12.6. The topological polar surface area (TPSA) is 80.3 Å². The van der Waals surface area contributed by atoms with Gasteiger partial charge in [0.05, 0.1) is 18.1 Å². The molecule has 0 saturated heterocycles. The lowest BCUT2D eigenvalue weighted by molar-refractivity contribution is -0.132. The first-order chi connectivity index (χ1) is 11.2. The molecule has 4 rings (SSSR count). The van der Waals surface area contributed by atoms with E-state index in [1.165, 1.54) is 10.9 Å². The summed E-state index contributed by atoms with van der Waals surface area (Å²) in [6.07, 6.45) is 12.5. The van der Waals surface area contributed by atoms with Crippen LogP contribution in [0, 0.1) is 0 Å². The number of fused-ring (bicyclic) bond motifs is 1. The molecule has 0 saturated carbocycles. The van der Waals surface area contributed by atoms with Crippen molar-refractivity contribution in [3.05, 3.63) is 79.1 Å². The van der Waals surface area contributed by atoms with Gasteiger partial charge in [-0.15, -0.1) is 5.10 Å². The van der Waals surface area contributed by atoms with E-state index >= 15 is 0 Å². The second-order valence-electron chi connectivity index (χ2n) is 5.18. The van der Waals surface area contributed by atoms with Crippen LogP contribution in [-0.2, 0) is 10.6 Å². The Balaban J connectivity index is 1.98. The maximum Gasteiger partial charge on any atom is 0.302 e. The van der Waals surface area contributed by atoms with Crippen LogP contribution in [-0.4, -0.2) is 25.8 Å². The summed E-state index contributed by atoms with van der Waals surface area (Å²) < 4.78 is 1.47. The summed E-state index contributed by atoms with van der Waals surface area (Å²) in [6, 6.07) is 9.56. The number of carbonyl (C=O) groups is 1. The fraction of sp³-hybridized carbons (Fsp3) is 0.0625. The van der Waals surface area contributed by atoms with Crippen LogP contribution in [0.2, 0.25) is 0 Å². The highest BCUT2D eigenvalue weighted by Gasteiger charge is 2.55. The Morgan fingerprint density at radius 2 is 1.96 bits per heavy atom. The molecule has 7 nitrogen and oxygen atoms in total. The zero-order valence-corrected chi connectivity index (χ0v) is 12.1. The third kappa shape index (κ3) is 1.73. The van der Waals surface area contributed by atoms with E-state index in [0.717, 1.165) is 11.4 Å². The minimum Gasteiger partial charge on any atom is -0.364 e. The van der Waals surface area contributed by atoms with Gasteiger partial charge in [0.15, 0.2) is 0 Å². The van der Waals surface area contributed by atoms with E-state index < -0.39 is 11.7 Å². The highest BCUT2D eigenvalue weighted by Crippen LogP contribution is 2.41. The number of allylic oxidation sites excluding steroid dienone is 3. The van der Waals surface area contributed by atoms with Crippen molar-refractivity contribution in [2.45, 2.75) is 5.79 Å². The van der Waals surface area contributed by atoms with E-state index in [-0.39, 0.29) is 0 Å². The van der Waals surface area contributed by atoms with Crippen LogP contribution in [0.4, 0.5) is 5.69 Å². The molecule has 1 aromatic carbocycles. The van der Waals surface area contributed by atoms with Gasteiger partial charge in [0.1, 0.15) is 0 Å². The molecule has 1 amide bonds. The molecular formula is C16H14N6O. The molecular weight excluding hydrogens is 292 g/mol. The van der Waals surface area contributed by atoms with Gasteiger partial charge in [0, 0.05) is 18.1 Å². The van der Waals surface area contributed by atoms with Gasteiger partial charge >= 0.3 is 5.79 Å². The molecule has 0 spiro atoms. The maximum atomic E-state index is 12.6. The summed E-state index contributed by atoms with van der Waals surface area (Å²) >= 11 is 0. The number of primary amides is 1. The van der Waals surface area contributed by atoms with E-state index in [0.29, 0.717) is 0 Å². The molecule has 0 aliphatic carbocycles. The van der Waals surface area contributed by atoms with E-state index in [9.17, 15) is 4.79 Å². The van der Waals surface area contributed by atoms with Crippen molar-refractivity contribution in [2.24, 2.45) is 5.73 Å². The third-order valence-electron chi connectivity index (χ3n) is 3.93. The number of nitrogens with two attached hydrogens (primary N) is 1. The molecule has 2 aromatic rings. The molecule has 114 valence electrons. The molecule has 0 bridgehead atoms. The zero-order valence-electron chi connectivity index (χ0n) is 12.1. The molecule has 1 atom stereocenters. The minimum atomic E-state index is -1.35. The molecule has 1 unspecified atom stereocenters. The standard InChI is InChI=1S/C16H14N6O/c17-15(23)16(22-11-9-18-19-22)20-10-5-4-8-14(20)12-21(16)13-6-2-1-3-7-13/h1-12H,(H2,17,23). The molecule has 7 heteroatoms. The predicted molar refractivity (Wildman–Crippen MR) is 84.3 cm³/mol. The largest absolute Gasteiger partial charge is 0.364 e. The number of rotatable bonds is 3. The Morgan fingerprint density at radius 1 is 1.13 bits per heavy atom. The second-order valence-corrected chi connectivity index (χ2v) is 5.18. The van der Waals surface area contributed by atoms with Crippen LogP contribution in [0.25, 0.3) is 0 Å². The van der Waals surface area contributed by atoms with Gasteiger partial charge in [0.25, 0.3) is 5.91 Å². The van der Waals surface area contributed by atoms with Gasteiger partial charge < -0.3 is 5.73 Å². The summed E-state index contributed by atoms with van der Waals surface area (Å²) in [4.78, 5) is 16.2. The van der Waals surface area contributed by atoms with Crippen molar-refractivity contribution in [1.29, 1.82) is 0 Å². The molecule has 23 heavy (non-hydrogen) atoms. The van der Waals surface area contributed by atoms with Crippen molar-refractivity contribution in [2.75, 3.05) is 4.90 Å². The predicted octanol–water partition coefficient (Wildman–Crippen LogP) is 1.12. The lowest BCUT2D eigenvalue weighted by Gasteiger charge is -2.41. The van der Waals surface area contributed by atoms with Gasteiger partial charge in [-0.2, -0.15) is 4.68 Å². The average Bonchev–Trinajstić information content (AvgIpc) is 3.21. The monoisotopic (exact) mass is 306 g/mol. The normalized spacial score (nSPS) is 22.2. The van der Waals surface area contributed by atoms with Gasteiger partial charge in [-0.05, 0) is 24.3 Å². The lowest BCUT2D eigenvalue weighted by Crippen LogP contribution is -2.63. The molecule has 3 heterocycles. The summed E-state index contributed by atoms with van der Waals surface area (Å²) in [5.41, 5.74) is 7.52. The molecule has 2 N–H and O–H groups in total. The Kier molecular flexibility index (Phi) is 2.80. The smallest absolute Gasteiger partial charge is 0.302 e. The zero-order chi connectivity index (χ0) is 15.9. The first kappa shape index (κ1) is 13.3.